The van der Waals surface area contributed by atoms with E-state index >= 15 is 0 Å². The van der Waals surface area contributed by atoms with Crippen molar-refractivity contribution in [2.24, 2.45) is 0 Å². The predicted molar refractivity (Wildman–Crippen MR) is 87.9 cm³/mol. The van der Waals surface area contributed by atoms with Gasteiger partial charge in [0, 0.05) is 23.2 Å². The fourth-order valence-corrected chi connectivity index (χ4v) is 2.49. The average Bonchev–Trinajstić information content (AvgIpc) is 2.35. The Morgan fingerprint density at radius 3 is 2.57 bits per heavy atom. The summed E-state index contributed by atoms with van der Waals surface area (Å²) in [6.45, 7) is 5.41. The summed E-state index contributed by atoms with van der Waals surface area (Å²) in [7, 11) is 0. The van der Waals surface area contributed by atoms with Gasteiger partial charge in [-0.25, -0.2) is 4.79 Å². The highest BCUT2D eigenvalue weighted by molar-refractivity contribution is 6.30. The van der Waals surface area contributed by atoms with Crippen molar-refractivity contribution in [1.82, 2.24) is 5.32 Å². The molecule has 126 valence electrons. The van der Waals surface area contributed by atoms with Crippen LogP contribution in [0.1, 0.15) is 33.6 Å². The van der Waals surface area contributed by atoms with E-state index in [-0.39, 0.29) is 17.8 Å². The number of alkyl carbamates (subject to hydrolysis) is 1. The van der Waals surface area contributed by atoms with Crippen LogP contribution in [0.3, 0.4) is 0 Å². The lowest BCUT2D eigenvalue weighted by molar-refractivity contribution is -0.384. The first-order valence-electron chi connectivity index (χ1n) is 7.34. The van der Waals surface area contributed by atoms with Crippen LogP contribution in [0.15, 0.2) is 18.2 Å². The summed E-state index contributed by atoms with van der Waals surface area (Å²) < 4.78 is 5.19. The average molecular weight is 342 g/mol. The Morgan fingerprint density at radius 1 is 1.35 bits per heavy atom. The second kappa shape index (κ2) is 6.62. The normalized spacial score (nSPS) is 20.3. The Morgan fingerprint density at radius 2 is 2.00 bits per heavy atom. The van der Waals surface area contributed by atoms with Crippen molar-refractivity contribution < 1.29 is 14.5 Å². The first-order chi connectivity index (χ1) is 10.6. The summed E-state index contributed by atoms with van der Waals surface area (Å²) in [4.78, 5) is 22.2. The Kier molecular flexibility index (Phi) is 4.99. The van der Waals surface area contributed by atoms with Crippen LogP contribution in [0.25, 0.3) is 0 Å². The zero-order valence-electron chi connectivity index (χ0n) is 13.3. The predicted octanol–water partition coefficient (Wildman–Crippen LogP) is 3.72. The molecule has 0 unspecified atom stereocenters. The standard InChI is InChI=1S/C15H20ClN3O4/c1-15(2,3)23-14(20)18-11-7-10(8-11)17-12-5-4-9(16)6-13(12)19(21)22/h4-6,10-11,17H,7-8H2,1-3H3,(H,18,20). The lowest BCUT2D eigenvalue weighted by Gasteiger charge is -2.37. The maximum Gasteiger partial charge on any atom is 0.407 e. The number of hydrogen-bond donors (Lipinski definition) is 2. The summed E-state index contributed by atoms with van der Waals surface area (Å²) in [6.07, 6.45) is 0.913. The summed E-state index contributed by atoms with van der Waals surface area (Å²) in [6, 6.07) is 4.59. The monoisotopic (exact) mass is 341 g/mol. The number of anilines is 1. The first-order valence-corrected chi connectivity index (χ1v) is 7.72. The molecular weight excluding hydrogens is 322 g/mol. The van der Waals surface area contributed by atoms with Gasteiger partial charge < -0.3 is 15.4 Å². The molecule has 0 saturated heterocycles. The molecule has 1 amide bonds. The molecule has 0 radical (unpaired) electrons. The quantitative estimate of drug-likeness (QED) is 0.643. The third kappa shape index (κ3) is 4.99. The minimum absolute atomic E-state index is 0.00806. The molecule has 2 N–H and O–H groups in total. The molecule has 1 aliphatic carbocycles. The number of amides is 1. The van der Waals surface area contributed by atoms with Crippen LogP contribution >= 0.6 is 11.6 Å². The SMILES string of the molecule is CC(C)(C)OC(=O)NC1CC(Nc2ccc(Cl)cc2[N+](=O)[O-])C1. The molecule has 0 atom stereocenters. The minimum atomic E-state index is -0.532. The van der Waals surface area contributed by atoms with Gasteiger partial charge >= 0.3 is 6.09 Å². The molecule has 1 saturated carbocycles. The topological polar surface area (TPSA) is 93.5 Å². The number of ether oxygens (including phenoxy) is 1. The first kappa shape index (κ1) is 17.3. The molecule has 1 fully saturated rings. The maximum atomic E-state index is 11.7. The second-order valence-electron chi connectivity index (χ2n) is 6.57. The van der Waals surface area contributed by atoms with Crippen LogP contribution < -0.4 is 10.6 Å². The van der Waals surface area contributed by atoms with Crippen LogP contribution in [0, 0.1) is 10.1 Å². The lowest BCUT2D eigenvalue weighted by atomic mass is 9.86. The number of carbonyl (C=O) groups is 1. The summed E-state index contributed by atoms with van der Waals surface area (Å²) in [5, 5.41) is 17.3. The van der Waals surface area contributed by atoms with Crippen LogP contribution in [0.2, 0.25) is 5.02 Å². The van der Waals surface area contributed by atoms with Crippen molar-refractivity contribution in [2.45, 2.75) is 51.3 Å². The number of halogens is 1. The van der Waals surface area contributed by atoms with E-state index in [1.807, 2.05) is 0 Å². The van der Waals surface area contributed by atoms with Gasteiger partial charge in [0.15, 0.2) is 0 Å². The van der Waals surface area contributed by atoms with Gasteiger partial charge in [-0.05, 0) is 45.7 Å². The summed E-state index contributed by atoms with van der Waals surface area (Å²) >= 11 is 5.78. The highest BCUT2D eigenvalue weighted by Crippen LogP contribution is 2.32. The van der Waals surface area contributed by atoms with Crippen molar-refractivity contribution in [3.63, 3.8) is 0 Å². The second-order valence-corrected chi connectivity index (χ2v) is 7.01. The van der Waals surface area contributed by atoms with Crippen molar-refractivity contribution in [3.8, 4) is 0 Å². The Balaban J connectivity index is 1.85. The molecule has 8 heteroatoms. The highest BCUT2D eigenvalue weighted by atomic mass is 35.5. The van der Waals surface area contributed by atoms with Crippen LogP contribution in [0.5, 0.6) is 0 Å². The third-order valence-electron chi connectivity index (χ3n) is 3.38. The molecule has 1 aromatic rings. The number of carbonyl (C=O) groups excluding carboxylic acids is 1. The fourth-order valence-electron chi connectivity index (χ4n) is 2.33. The summed E-state index contributed by atoms with van der Waals surface area (Å²) in [5.41, 5.74) is -0.156. The van der Waals surface area contributed by atoms with E-state index in [0.29, 0.717) is 23.6 Å². The molecule has 7 nitrogen and oxygen atoms in total. The van der Waals surface area contributed by atoms with E-state index in [2.05, 4.69) is 10.6 Å². The smallest absolute Gasteiger partial charge is 0.407 e. The number of nitro benzene ring substituents is 1. The molecule has 1 aromatic carbocycles. The van der Waals surface area contributed by atoms with Gasteiger partial charge in [0.25, 0.3) is 5.69 Å². The van der Waals surface area contributed by atoms with Gasteiger partial charge in [-0.2, -0.15) is 0 Å². The van der Waals surface area contributed by atoms with Crippen molar-refractivity contribution in [3.05, 3.63) is 33.3 Å². The number of hydrogen-bond acceptors (Lipinski definition) is 5. The van der Waals surface area contributed by atoms with E-state index in [0.717, 1.165) is 0 Å². The summed E-state index contributed by atoms with van der Waals surface area (Å²) in [5.74, 6) is 0. The number of nitrogens with zero attached hydrogens (tertiary/aromatic N) is 1. The van der Waals surface area contributed by atoms with Gasteiger partial charge in [0.2, 0.25) is 0 Å². The third-order valence-corrected chi connectivity index (χ3v) is 3.61. The van der Waals surface area contributed by atoms with E-state index in [9.17, 15) is 14.9 Å². The fraction of sp³-hybridized carbons (Fsp3) is 0.533. The number of nitrogens with one attached hydrogen (secondary N) is 2. The molecule has 0 aliphatic heterocycles. The number of benzene rings is 1. The van der Waals surface area contributed by atoms with Gasteiger partial charge in [-0.15, -0.1) is 0 Å². The van der Waals surface area contributed by atoms with E-state index in [1.165, 1.54) is 6.07 Å². The number of nitro groups is 1. The molecular formula is C15H20ClN3O4. The molecule has 2 rings (SSSR count). The lowest BCUT2D eigenvalue weighted by Crippen LogP contribution is -2.50. The zero-order chi connectivity index (χ0) is 17.2. The largest absolute Gasteiger partial charge is 0.444 e. The molecule has 1 aliphatic rings. The Labute approximate surface area is 139 Å². The zero-order valence-corrected chi connectivity index (χ0v) is 14.0. The number of rotatable bonds is 4. The molecule has 23 heavy (non-hydrogen) atoms. The molecule has 0 heterocycles. The maximum absolute atomic E-state index is 11.7. The molecule has 0 spiro atoms. The Bertz CT molecular complexity index is 609. The van der Waals surface area contributed by atoms with E-state index < -0.39 is 16.6 Å². The Hall–Kier alpha value is -2.02. The van der Waals surface area contributed by atoms with E-state index in [4.69, 9.17) is 16.3 Å². The molecule has 0 aromatic heterocycles. The van der Waals surface area contributed by atoms with Gasteiger partial charge in [0.05, 0.1) is 4.92 Å². The van der Waals surface area contributed by atoms with Gasteiger partial charge in [-0.3, -0.25) is 10.1 Å². The van der Waals surface area contributed by atoms with E-state index in [1.54, 1.807) is 32.9 Å². The highest BCUT2D eigenvalue weighted by Gasteiger charge is 2.32. The van der Waals surface area contributed by atoms with Crippen molar-refractivity contribution in [2.75, 3.05) is 5.32 Å². The van der Waals surface area contributed by atoms with Gasteiger partial charge in [-0.1, -0.05) is 11.6 Å². The minimum Gasteiger partial charge on any atom is -0.444 e. The van der Waals surface area contributed by atoms with Gasteiger partial charge in [0.1, 0.15) is 11.3 Å². The van der Waals surface area contributed by atoms with Crippen molar-refractivity contribution in [1.29, 1.82) is 0 Å². The van der Waals surface area contributed by atoms with Crippen molar-refractivity contribution >= 4 is 29.1 Å². The van der Waals surface area contributed by atoms with Crippen LogP contribution in [0.4, 0.5) is 16.2 Å². The molecule has 0 bridgehead atoms. The van der Waals surface area contributed by atoms with Crippen LogP contribution in [-0.2, 0) is 4.74 Å². The van der Waals surface area contributed by atoms with Crippen LogP contribution in [-0.4, -0.2) is 28.7 Å².